The quantitative estimate of drug-likeness (QED) is 0.340. The summed E-state index contributed by atoms with van der Waals surface area (Å²) in [6.45, 7) is 0.443. The molecule has 0 atom stereocenters. The number of fused-ring (bicyclic) bond motifs is 1. The zero-order valence-corrected chi connectivity index (χ0v) is 17.4. The molecular formula is C22H17Cl2N3O3. The number of carbonyl (C=O) groups excluding carboxylic acids is 1. The number of nitrogen functional groups attached to an aromatic ring is 1. The molecular weight excluding hydrogens is 425 g/mol. The molecule has 0 radical (unpaired) electrons. The topological polar surface area (TPSA) is 79.4 Å². The molecule has 0 aliphatic heterocycles. The number of esters is 1. The molecule has 0 unspecified atom stereocenters. The minimum Gasteiger partial charge on any atom is -0.497 e. The SMILES string of the molecule is COc1ccc2c(c1)c(OC(=O)c1c(Cl)cccc1Cl)nn2Cc1cccc(N)c1. The summed E-state index contributed by atoms with van der Waals surface area (Å²) < 4.78 is 12.6. The summed E-state index contributed by atoms with van der Waals surface area (Å²) in [7, 11) is 1.56. The molecule has 2 N–H and O–H groups in total. The van der Waals surface area contributed by atoms with E-state index in [2.05, 4.69) is 5.10 Å². The lowest BCUT2D eigenvalue weighted by atomic mass is 10.2. The highest BCUT2D eigenvalue weighted by Crippen LogP contribution is 2.32. The van der Waals surface area contributed by atoms with Gasteiger partial charge in [-0.25, -0.2) is 4.79 Å². The summed E-state index contributed by atoms with van der Waals surface area (Å²) in [6.07, 6.45) is 0. The fourth-order valence-corrected chi connectivity index (χ4v) is 3.70. The summed E-state index contributed by atoms with van der Waals surface area (Å²) in [5.74, 6) is 0.0526. The Balaban J connectivity index is 1.76. The minimum atomic E-state index is -0.691. The molecule has 4 rings (SSSR count). The summed E-state index contributed by atoms with van der Waals surface area (Å²) in [4.78, 5) is 12.8. The highest BCUT2D eigenvalue weighted by Gasteiger charge is 2.21. The molecule has 6 nitrogen and oxygen atoms in total. The molecule has 1 aromatic heterocycles. The maximum Gasteiger partial charge on any atom is 0.347 e. The third-order valence-electron chi connectivity index (χ3n) is 4.56. The largest absolute Gasteiger partial charge is 0.497 e. The van der Waals surface area contributed by atoms with Crippen molar-refractivity contribution in [2.24, 2.45) is 0 Å². The van der Waals surface area contributed by atoms with Gasteiger partial charge in [-0.3, -0.25) is 4.68 Å². The predicted octanol–water partition coefficient (Wildman–Crippen LogP) is 5.20. The number of nitrogens with two attached hydrogens (primary N) is 1. The number of hydrogen-bond acceptors (Lipinski definition) is 5. The second-order valence-electron chi connectivity index (χ2n) is 6.58. The van der Waals surface area contributed by atoms with Crippen molar-refractivity contribution in [3.05, 3.63) is 81.8 Å². The van der Waals surface area contributed by atoms with Gasteiger partial charge in [-0.05, 0) is 48.0 Å². The Morgan fingerprint density at radius 3 is 2.50 bits per heavy atom. The Kier molecular flexibility index (Phi) is 5.53. The average molecular weight is 442 g/mol. The van der Waals surface area contributed by atoms with Gasteiger partial charge in [0, 0.05) is 5.69 Å². The van der Waals surface area contributed by atoms with Gasteiger partial charge in [-0.2, -0.15) is 0 Å². The molecule has 30 heavy (non-hydrogen) atoms. The average Bonchev–Trinajstić information content (AvgIpc) is 3.04. The molecule has 1 heterocycles. The number of carbonyl (C=O) groups is 1. The normalized spacial score (nSPS) is 10.9. The lowest BCUT2D eigenvalue weighted by Gasteiger charge is -2.06. The van der Waals surface area contributed by atoms with Gasteiger partial charge in [0.2, 0.25) is 5.88 Å². The molecule has 3 aromatic carbocycles. The summed E-state index contributed by atoms with van der Waals surface area (Å²) in [5.41, 5.74) is 8.36. The van der Waals surface area contributed by atoms with Crippen LogP contribution < -0.4 is 15.2 Å². The van der Waals surface area contributed by atoms with E-state index < -0.39 is 5.97 Å². The summed E-state index contributed by atoms with van der Waals surface area (Å²) in [5, 5.41) is 5.53. The number of ether oxygens (including phenoxy) is 2. The Labute approximate surface area is 182 Å². The van der Waals surface area contributed by atoms with Crippen molar-refractivity contribution in [3.63, 3.8) is 0 Å². The van der Waals surface area contributed by atoms with Crippen LogP contribution in [0.15, 0.2) is 60.7 Å². The highest BCUT2D eigenvalue weighted by atomic mass is 35.5. The zero-order valence-electron chi connectivity index (χ0n) is 15.9. The second-order valence-corrected chi connectivity index (χ2v) is 7.39. The van der Waals surface area contributed by atoms with Crippen LogP contribution in [0.4, 0.5) is 5.69 Å². The standard InChI is InChI=1S/C22H17Cl2N3O3/c1-29-15-8-9-19-16(11-15)21(26-27(19)12-13-4-2-5-14(25)10-13)30-22(28)20-17(23)6-3-7-18(20)24/h2-11H,12,25H2,1H3. The lowest BCUT2D eigenvalue weighted by molar-refractivity contribution is 0.0729. The van der Waals surface area contributed by atoms with Gasteiger partial charge >= 0.3 is 5.97 Å². The van der Waals surface area contributed by atoms with E-state index in [0.717, 1.165) is 11.1 Å². The van der Waals surface area contributed by atoms with Crippen LogP contribution in [0.3, 0.4) is 0 Å². The van der Waals surface area contributed by atoms with Gasteiger partial charge in [0.1, 0.15) is 5.75 Å². The zero-order chi connectivity index (χ0) is 21.3. The van der Waals surface area contributed by atoms with Crippen molar-refractivity contribution in [1.82, 2.24) is 9.78 Å². The van der Waals surface area contributed by atoms with Crippen LogP contribution in [0.5, 0.6) is 11.6 Å². The molecule has 0 aliphatic rings. The molecule has 8 heteroatoms. The van der Waals surface area contributed by atoms with E-state index in [0.29, 0.717) is 23.4 Å². The Hall–Kier alpha value is -3.22. The van der Waals surface area contributed by atoms with E-state index in [1.165, 1.54) is 0 Å². The highest BCUT2D eigenvalue weighted by molar-refractivity contribution is 6.39. The van der Waals surface area contributed by atoms with E-state index in [9.17, 15) is 4.79 Å². The first-order chi connectivity index (χ1) is 14.5. The van der Waals surface area contributed by atoms with Crippen LogP contribution in [0.25, 0.3) is 10.9 Å². The number of aromatic nitrogens is 2. The van der Waals surface area contributed by atoms with Crippen molar-refractivity contribution in [2.75, 3.05) is 12.8 Å². The molecule has 0 amide bonds. The van der Waals surface area contributed by atoms with Crippen molar-refractivity contribution >= 4 is 45.8 Å². The Morgan fingerprint density at radius 1 is 1.07 bits per heavy atom. The summed E-state index contributed by atoms with van der Waals surface area (Å²) >= 11 is 12.3. The van der Waals surface area contributed by atoms with E-state index >= 15 is 0 Å². The molecule has 0 spiro atoms. The number of nitrogens with zero attached hydrogens (tertiary/aromatic N) is 2. The molecule has 0 fully saturated rings. The fraction of sp³-hybridized carbons (Fsp3) is 0.0909. The van der Waals surface area contributed by atoms with Gasteiger partial charge in [-0.1, -0.05) is 41.4 Å². The van der Waals surface area contributed by atoms with E-state index in [-0.39, 0.29) is 21.5 Å². The van der Waals surface area contributed by atoms with Gasteiger partial charge in [0.15, 0.2) is 0 Å². The Morgan fingerprint density at radius 2 is 1.80 bits per heavy atom. The Bertz CT molecular complexity index is 1230. The number of halogens is 2. The van der Waals surface area contributed by atoms with Crippen LogP contribution >= 0.6 is 23.2 Å². The first-order valence-corrected chi connectivity index (χ1v) is 9.77. The first kappa shape index (κ1) is 20.1. The third-order valence-corrected chi connectivity index (χ3v) is 5.19. The van der Waals surface area contributed by atoms with Crippen molar-refractivity contribution in [2.45, 2.75) is 6.54 Å². The molecule has 0 saturated carbocycles. The van der Waals surface area contributed by atoms with Gasteiger partial charge in [-0.15, -0.1) is 5.10 Å². The van der Waals surface area contributed by atoms with Crippen LogP contribution in [0.1, 0.15) is 15.9 Å². The smallest absolute Gasteiger partial charge is 0.347 e. The maximum absolute atomic E-state index is 12.8. The fourth-order valence-electron chi connectivity index (χ4n) is 3.15. The van der Waals surface area contributed by atoms with Crippen LogP contribution in [-0.4, -0.2) is 22.9 Å². The van der Waals surface area contributed by atoms with E-state index in [1.807, 2.05) is 36.4 Å². The number of hydrogen-bond donors (Lipinski definition) is 1. The first-order valence-electron chi connectivity index (χ1n) is 9.01. The number of rotatable bonds is 5. The number of methoxy groups -OCH3 is 1. The second kappa shape index (κ2) is 8.26. The molecule has 0 aliphatic carbocycles. The van der Waals surface area contributed by atoms with Crippen LogP contribution in [-0.2, 0) is 6.54 Å². The van der Waals surface area contributed by atoms with Gasteiger partial charge < -0.3 is 15.2 Å². The van der Waals surface area contributed by atoms with Crippen molar-refractivity contribution in [3.8, 4) is 11.6 Å². The summed E-state index contributed by atoms with van der Waals surface area (Å²) in [6, 6.07) is 17.7. The van der Waals surface area contributed by atoms with Crippen molar-refractivity contribution < 1.29 is 14.3 Å². The maximum atomic E-state index is 12.8. The van der Waals surface area contributed by atoms with E-state index in [1.54, 1.807) is 36.1 Å². The third kappa shape index (κ3) is 3.92. The molecule has 0 bridgehead atoms. The lowest BCUT2D eigenvalue weighted by Crippen LogP contribution is -2.11. The van der Waals surface area contributed by atoms with Gasteiger partial charge in [0.05, 0.1) is 40.2 Å². The molecule has 152 valence electrons. The monoisotopic (exact) mass is 441 g/mol. The van der Waals surface area contributed by atoms with Gasteiger partial charge in [0.25, 0.3) is 0 Å². The van der Waals surface area contributed by atoms with Crippen LogP contribution in [0.2, 0.25) is 10.0 Å². The molecule has 4 aromatic rings. The predicted molar refractivity (Wildman–Crippen MR) is 118 cm³/mol. The van der Waals surface area contributed by atoms with E-state index in [4.69, 9.17) is 38.4 Å². The minimum absolute atomic E-state index is 0.0854. The van der Waals surface area contributed by atoms with Crippen molar-refractivity contribution in [1.29, 1.82) is 0 Å². The molecule has 0 saturated heterocycles. The number of anilines is 1. The number of benzene rings is 3. The van der Waals surface area contributed by atoms with Crippen LogP contribution in [0, 0.1) is 0 Å².